The zero-order valence-corrected chi connectivity index (χ0v) is 14.8. The Morgan fingerprint density at radius 2 is 1.38 bits per heavy atom. The quantitative estimate of drug-likeness (QED) is 0.839. The van der Waals surface area contributed by atoms with E-state index in [1.807, 2.05) is 27.7 Å². The minimum atomic E-state index is -3.53. The van der Waals surface area contributed by atoms with Gasteiger partial charge in [-0.25, -0.2) is 17.4 Å². The van der Waals surface area contributed by atoms with Gasteiger partial charge in [-0.15, -0.1) is 0 Å². The predicted octanol–water partition coefficient (Wildman–Crippen LogP) is 4.10. The fourth-order valence-electron chi connectivity index (χ4n) is 1.81. The Hall–Kier alpha value is -1.62. The van der Waals surface area contributed by atoms with Gasteiger partial charge in [-0.1, -0.05) is 45.9 Å². The van der Waals surface area contributed by atoms with Crippen LogP contribution in [0, 0.1) is 20.8 Å². The van der Waals surface area contributed by atoms with E-state index in [1.165, 1.54) is 3.97 Å². The zero-order chi connectivity index (χ0) is 16.6. The highest BCUT2D eigenvalue weighted by atomic mass is 32.2. The van der Waals surface area contributed by atoms with Gasteiger partial charge >= 0.3 is 0 Å². The molecule has 2 rings (SSSR count). The van der Waals surface area contributed by atoms with Crippen LogP contribution in [0.1, 0.15) is 44.9 Å². The first kappa shape index (κ1) is 19.4. The van der Waals surface area contributed by atoms with Crippen LogP contribution < -0.4 is 0 Å². The van der Waals surface area contributed by atoms with Crippen molar-refractivity contribution in [2.24, 2.45) is 0 Å². The first-order chi connectivity index (χ1) is 9.94. The molecule has 0 fully saturated rings. The van der Waals surface area contributed by atoms with Crippen molar-refractivity contribution in [2.75, 3.05) is 0 Å². The maximum Gasteiger partial charge on any atom is 0.269 e. The summed E-state index contributed by atoms with van der Waals surface area (Å²) in [6, 6.07) is 8.38. The number of imidazole rings is 1. The lowest BCUT2D eigenvalue weighted by Gasteiger charge is -2.09. The lowest BCUT2D eigenvalue weighted by molar-refractivity contribution is 0.584. The van der Waals surface area contributed by atoms with Crippen LogP contribution >= 0.6 is 0 Å². The van der Waals surface area contributed by atoms with E-state index in [2.05, 4.69) is 4.98 Å². The summed E-state index contributed by atoms with van der Waals surface area (Å²) < 4.78 is 26.1. The maximum atomic E-state index is 12.4. The van der Waals surface area contributed by atoms with Crippen LogP contribution in [-0.2, 0) is 10.0 Å². The van der Waals surface area contributed by atoms with Gasteiger partial charge in [0.2, 0.25) is 0 Å². The van der Waals surface area contributed by atoms with Gasteiger partial charge < -0.3 is 0 Å². The molecule has 118 valence electrons. The number of aromatic nitrogens is 2. The largest absolute Gasteiger partial charge is 0.269 e. The van der Waals surface area contributed by atoms with E-state index in [9.17, 15) is 8.42 Å². The average molecular weight is 310 g/mol. The van der Waals surface area contributed by atoms with E-state index in [0.717, 1.165) is 5.69 Å². The van der Waals surface area contributed by atoms with Crippen molar-refractivity contribution >= 4 is 10.0 Å². The van der Waals surface area contributed by atoms with Crippen molar-refractivity contribution in [1.29, 1.82) is 0 Å². The normalized spacial score (nSPS) is 10.0. The molecule has 0 unspecified atom stereocenters. The molecule has 0 saturated heterocycles. The highest BCUT2D eigenvalue weighted by Crippen LogP contribution is 2.19. The molecule has 1 heterocycles. The Morgan fingerprint density at radius 1 is 0.905 bits per heavy atom. The molecule has 0 aliphatic rings. The predicted molar refractivity (Wildman–Crippen MR) is 88.2 cm³/mol. The summed E-state index contributed by atoms with van der Waals surface area (Å²) in [4.78, 5) is 4.47. The van der Waals surface area contributed by atoms with Gasteiger partial charge in [0.25, 0.3) is 10.0 Å². The summed E-state index contributed by atoms with van der Waals surface area (Å²) in [5.41, 5.74) is 1.40. The Bertz CT molecular complexity index is 644. The van der Waals surface area contributed by atoms with Crippen LogP contribution in [0.3, 0.4) is 0 Å². The van der Waals surface area contributed by atoms with Gasteiger partial charge in [-0.2, -0.15) is 0 Å². The minimum Gasteiger partial charge on any atom is -0.238 e. The van der Waals surface area contributed by atoms with Gasteiger partial charge in [0.1, 0.15) is 5.82 Å². The lowest BCUT2D eigenvalue weighted by Crippen LogP contribution is -2.16. The fourth-order valence-corrected chi connectivity index (χ4v) is 3.40. The molecular formula is C16H26N2O2S. The van der Waals surface area contributed by atoms with Crippen LogP contribution in [0.5, 0.6) is 0 Å². The van der Waals surface area contributed by atoms with Crippen LogP contribution in [0.2, 0.25) is 0 Å². The molecule has 1 aromatic carbocycles. The summed E-state index contributed by atoms with van der Waals surface area (Å²) in [5.74, 6) is 0.490. The van der Waals surface area contributed by atoms with Gasteiger partial charge in [0, 0.05) is 0 Å². The minimum absolute atomic E-state index is 0.281. The molecule has 0 atom stereocenters. The molecule has 0 aliphatic carbocycles. The third-order valence-corrected chi connectivity index (χ3v) is 4.62. The second-order valence-electron chi connectivity index (χ2n) is 3.91. The van der Waals surface area contributed by atoms with E-state index in [1.54, 1.807) is 51.1 Å². The van der Waals surface area contributed by atoms with E-state index in [4.69, 9.17) is 0 Å². The Morgan fingerprint density at radius 3 is 1.76 bits per heavy atom. The molecule has 2 aromatic rings. The Kier molecular flexibility index (Phi) is 7.95. The highest BCUT2D eigenvalue weighted by molar-refractivity contribution is 7.90. The lowest BCUT2D eigenvalue weighted by atomic mass is 10.4. The molecule has 4 nitrogen and oxygen atoms in total. The van der Waals surface area contributed by atoms with Crippen molar-refractivity contribution in [2.45, 2.75) is 53.4 Å². The van der Waals surface area contributed by atoms with Crippen LogP contribution in [-0.4, -0.2) is 17.4 Å². The second-order valence-corrected chi connectivity index (χ2v) is 5.70. The summed E-state index contributed by atoms with van der Waals surface area (Å²) in [6.45, 7) is 13.3. The molecular weight excluding hydrogens is 284 g/mol. The number of hydrogen-bond donors (Lipinski definition) is 0. The third kappa shape index (κ3) is 4.17. The first-order valence-corrected chi connectivity index (χ1v) is 8.72. The maximum absolute atomic E-state index is 12.4. The molecule has 1 aromatic heterocycles. The summed E-state index contributed by atoms with van der Waals surface area (Å²) in [6.07, 6.45) is 0. The van der Waals surface area contributed by atoms with Crippen molar-refractivity contribution in [3.05, 3.63) is 47.5 Å². The molecule has 0 saturated carbocycles. The monoisotopic (exact) mass is 310 g/mol. The Labute approximate surface area is 128 Å². The fraction of sp³-hybridized carbons (Fsp3) is 0.438. The van der Waals surface area contributed by atoms with E-state index in [-0.39, 0.29) is 4.90 Å². The molecule has 0 bridgehead atoms. The van der Waals surface area contributed by atoms with E-state index in [0.29, 0.717) is 11.5 Å². The number of nitrogens with zero attached hydrogens (tertiary/aromatic N) is 2. The van der Waals surface area contributed by atoms with Gasteiger partial charge in [0.05, 0.1) is 16.3 Å². The van der Waals surface area contributed by atoms with E-state index < -0.39 is 10.0 Å². The van der Waals surface area contributed by atoms with Crippen molar-refractivity contribution in [1.82, 2.24) is 8.96 Å². The molecule has 0 N–H and O–H groups in total. The third-order valence-electron chi connectivity index (χ3n) is 2.73. The number of benzene rings is 1. The molecule has 0 spiro atoms. The van der Waals surface area contributed by atoms with Crippen molar-refractivity contribution in [3.63, 3.8) is 0 Å². The van der Waals surface area contributed by atoms with Gasteiger partial charge in [0.15, 0.2) is 0 Å². The van der Waals surface area contributed by atoms with E-state index >= 15 is 0 Å². The summed E-state index contributed by atoms with van der Waals surface area (Å²) >= 11 is 0. The highest BCUT2D eigenvalue weighted by Gasteiger charge is 2.22. The topological polar surface area (TPSA) is 52.0 Å². The standard InChI is InChI=1S/C12H14N2O2S.2C2H6/c1-9-10(2)14(11(3)13-9)17(15,16)12-7-5-4-6-8-12;2*1-2/h4-8H,1-3H3;2*1-2H3. The zero-order valence-electron chi connectivity index (χ0n) is 14.0. The van der Waals surface area contributed by atoms with Crippen LogP contribution in [0.4, 0.5) is 0 Å². The molecule has 21 heavy (non-hydrogen) atoms. The van der Waals surface area contributed by atoms with Crippen LogP contribution in [0.15, 0.2) is 35.2 Å². The number of hydrogen-bond acceptors (Lipinski definition) is 3. The summed E-state index contributed by atoms with van der Waals surface area (Å²) in [5, 5.41) is 0. The van der Waals surface area contributed by atoms with Crippen molar-refractivity contribution < 1.29 is 8.42 Å². The molecule has 0 radical (unpaired) electrons. The van der Waals surface area contributed by atoms with Gasteiger partial charge in [-0.3, -0.25) is 0 Å². The molecule has 5 heteroatoms. The number of aryl methyl sites for hydroxylation is 2. The second kappa shape index (κ2) is 8.62. The smallest absolute Gasteiger partial charge is 0.238 e. The molecule has 0 amide bonds. The SMILES string of the molecule is CC.CC.Cc1nc(C)n(S(=O)(=O)c2ccccc2)c1C. The van der Waals surface area contributed by atoms with Gasteiger partial charge in [-0.05, 0) is 32.9 Å². The summed E-state index contributed by atoms with van der Waals surface area (Å²) in [7, 11) is -3.53. The average Bonchev–Trinajstić information content (AvgIpc) is 2.77. The van der Waals surface area contributed by atoms with Crippen molar-refractivity contribution in [3.8, 4) is 0 Å². The van der Waals surface area contributed by atoms with Crippen LogP contribution in [0.25, 0.3) is 0 Å². The molecule has 0 aliphatic heterocycles. The Balaban J connectivity index is 0.000000921. The first-order valence-electron chi connectivity index (χ1n) is 7.28. The number of rotatable bonds is 2.